The maximum Gasteiger partial charge on any atom is 0.286 e. The molecule has 0 unspecified atom stereocenters. The highest BCUT2D eigenvalue weighted by Crippen LogP contribution is 2.37. The minimum absolute atomic E-state index is 0.168. The molecule has 2 heterocycles. The molecule has 0 spiro atoms. The van der Waals surface area contributed by atoms with E-state index < -0.39 is 0 Å². The molecule has 2 aliphatic heterocycles. The quantitative estimate of drug-likeness (QED) is 0.694. The molecule has 140 valence electrons. The summed E-state index contributed by atoms with van der Waals surface area (Å²) >= 11 is 1.46. The molecule has 26 heavy (non-hydrogen) atoms. The molecule has 0 saturated carbocycles. The van der Waals surface area contributed by atoms with Crippen LogP contribution in [0.3, 0.4) is 0 Å². The Morgan fingerprint density at radius 3 is 2.73 bits per heavy atom. The number of rotatable bonds is 6. The van der Waals surface area contributed by atoms with Crippen LogP contribution in [0.25, 0.3) is 6.08 Å². The van der Waals surface area contributed by atoms with Gasteiger partial charge in [0.25, 0.3) is 5.91 Å². The van der Waals surface area contributed by atoms with E-state index in [1.807, 2.05) is 31.2 Å². The van der Waals surface area contributed by atoms with Gasteiger partial charge in [-0.05, 0) is 56.5 Å². The van der Waals surface area contributed by atoms with Gasteiger partial charge in [-0.15, -0.1) is 0 Å². The Morgan fingerprint density at radius 1 is 1.19 bits per heavy atom. The summed E-state index contributed by atoms with van der Waals surface area (Å²) in [6.07, 6.45) is 6.37. The summed E-state index contributed by atoms with van der Waals surface area (Å²) in [5.41, 5.74) is 0.857. The van der Waals surface area contributed by atoms with E-state index in [0.717, 1.165) is 43.1 Å². The molecule has 5 nitrogen and oxygen atoms in total. The van der Waals surface area contributed by atoms with Gasteiger partial charge in [0.15, 0.2) is 16.7 Å². The number of nitrogens with zero attached hydrogens (tertiary/aromatic N) is 2. The van der Waals surface area contributed by atoms with Crippen molar-refractivity contribution in [2.24, 2.45) is 4.99 Å². The molecule has 3 rings (SSSR count). The van der Waals surface area contributed by atoms with Gasteiger partial charge in [-0.25, -0.2) is 0 Å². The number of carbonyl (C=O) groups excluding carboxylic acids is 1. The van der Waals surface area contributed by atoms with Crippen LogP contribution >= 0.6 is 11.8 Å². The summed E-state index contributed by atoms with van der Waals surface area (Å²) in [5, 5.41) is 0.831. The molecule has 0 bridgehead atoms. The van der Waals surface area contributed by atoms with Crippen molar-refractivity contribution >= 4 is 28.9 Å². The maximum atomic E-state index is 12.4. The lowest BCUT2D eigenvalue weighted by Crippen LogP contribution is -2.33. The second-order valence-electron chi connectivity index (χ2n) is 6.31. The summed E-state index contributed by atoms with van der Waals surface area (Å²) in [6.45, 7) is 7.16. The minimum atomic E-state index is -0.168. The fourth-order valence-corrected chi connectivity index (χ4v) is 3.99. The van der Waals surface area contributed by atoms with E-state index in [0.29, 0.717) is 29.6 Å². The number of hydrogen-bond acceptors (Lipinski definition) is 5. The molecule has 6 heteroatoms. The van der Waals surface area contributed by atoms with E-state index in [2.05, 4.69) is 16.8 Å². The number of ether oxygens (including phenoxy) is 2. The predicted molar refractivity (Wildman–Crippen MR) is 107 cm³/mol. The van der Waals surface area contributed by atoms with Crippen molar-refractivity contribution in [2.45, 2.75) is 39.5 Å². The van der Waals surface area contributed by atoms with Crippen LogP contribution in [0.15, 0.2) is 28.1 Å². The Labute approximate surface area is 159 Å². The SMILES string of the molecule is CCCOc1c(C=C2SC(N3CCCCC3)=NC2=O)cccc1OCC. The number of amides is 1. The minimum Gasteiger partial charge on any atom is -0.490 e. The third kappa shape index (κ3) is 4.41. The number of benzene rings is 1. The lowest BCUT2D eigenvalue weighted by atomic mass is 10.1. The van der Waals surface area contributed by atoms with Crippen molar-refractivity contribution < 1.29 is 14.3 Å². The van der Waals surface area contributed by atoms with Gasteiger partial charge in [-0.2, -0.15) is 4.99 Å². The van der Waals surface area contributed by atoms with Crippen molar-refractivity contribution in [3.05, 3.63) is 28.7 Å². The first-order valence-corrected chi connectivity index (χ1v) is 10.2. The second-order valence-corrected chi connectivity index (χ2v) is 7.32. The van der Waals surface area contributed by atoms with Crippen LogP contribution in [-0.4, -0.2) is 42.3 Å². The smallest absolute Gasteiger partial charge is 0.286 e. The zero-order chi connectivity index (χ0) is 18.4. The summed E-state index contributed by atoms with van der Waals surface area (Å²) in [4.78, 5) is 19.5. The van der Waals surface area contributed by atoms with Crippen LogP contribution in [0.2, 0.25) is 0 Å². The van der Waals surface area contributed by atoms with E-state index in [-0.39, 0.29) is 5.91 Å². The van der Waals surface area contributed by atoms with Crippen LogP contribution in [0.5, 0.6) is 11.5 Å². The molecule has 1 saturated heterocycles. The maximum absolute atomic E-state index is 12.4. The molecule has 2 aliphatic rings. The Kier molecular flexibility index (Phi) is 6.61. The molecule has 1 aromatic carbocycles. The Morgan fingerprint density at radius 2 is 2.00 bits per heavy atom. The van der Waals surface area contributed by atoms with Crippen LogP contribution in [-0.2, 0) is 4.79 Å². The first kappa shape index (κ1) is 18.8. The van der Waals surface area contributed by atoms with Gasteiger partial charge in [0.05, 0.1) is 18.1 Å². The number of piperidine rings is 1. The fraction of sp³-hybridized carbons (Fsp3) is 0.500. The van der Waals surface area contributed by atoms with Gasteiger partial charge in [0.1, 0.15) is 0 Å². The van der Waals surface area contributed by atoms with Crippen molar-refractivity contribution in [2.75, 3.05) is 26.3 Å². The lowest BCUT2D eigenvalue weighted by Gasteiger charge is -2.27. The van der Waals surface area contributed by atoms with E-state index in [1.54, 1.807) is 0 Å². The summed E-state index contributed by atoms with van der Waals surface area (Å²) in [6, 6.07) is 5.77. The van der Waals surface area contributed by atoms with Gasteiger partial charge < -0.3 is 14.4 Å². The number of hydrogen-bond donors (Lipinski definition) is 0. The molecule has 0 radical (unpaired) electrons. The normalized spacial score (nSPS) is 19.0. The number of para-hydroxylation sites is 1. The third-order valence-electron chi connectivity index (χ3n) is 4.28. The highest BCUT2D eigenvalue weighted by Gasteiger charge is 2.27. The molecular formula is C20H26N2O3S. The molecule has 0 N–H and O–H groups in total. The van der Waals surface area contributed by atoms with E-state index in [9.17, 15) is 4.79 Å². The first-order valence-electron chi connectivity index (χ1n) is 9.39. The Bertz CT molecular complexity index is 709. The van der Waals surface area contributed by atoms with Crippen molar-refractivity contribution in [1.29, 1.82) is 0 Å². The molecule has 1 amide bonds. The predicted octanol–water partition coefficient (Wildman–Crippen LogP) is 4.33. The van der Waals surface area contributed by atoms with Crippen molar-refractivity contribution in [3.63, 3.8) is 0 Å². The van der Waals surface area contributed by atoms with Crippen molar-refractivity contribution in [1.82, 2.24) is 4.90 Å². The topological polar surface area (TPSA) is 51.1 Å². The molecule has 1 aromatic rings. The molecule has 0 atom stereocenters. The monoisotopic (exact) mass is 374 g/mol. The van der Waals surface area contributed by atoms with Gasteiger partial charge >= 0.3 is 0 Å². The lowest BCUT2D eigenvalue weighted by molar-refractivity contribution is -0.113. The van der Waals surface area contributed by atoms with Gasteiger partial charge in [0.2, 0.25) is 0 Å². The second kappa shape index (κ2) is 9.12. The van der Waals surface area contributed by atoms with Gasteiger partial charge in [0, 0.05) is 18.7 Å². The average molecular weight is 375 g/mol. The highest BCUT2D eigenvalue weighted by molar-refractivity contribution is 8.18. The zero-order valence-corrected chi connectivity index (χ0v) is 16.3. The van der Waals surface area contributed by atoms with E-state index in [1.165, 1.54) is 18.2 Å². The number of aliphatic imine (C=N–C) groups is 1. The highest BCUT2D eigenvalue weighted by atomic mass is 32.2. The molecule has 0 aromatic heterocycles. The molecular weight excluding hydrogens is 348 g/mol. The van der Waals surface area contributed by atoms with Crippen LogP contribution in [0.1, 0.15) is 45.1 Å². The molecule has 1 fully saturated rings. The summed E-state index contributed by atoms with van der Waals surface area (Å²) in [5.74, 6) is 1.24. The standard InChI is InChI=1S/C20H26N2O3S/c1-3-13-25-18-15(9-8-10-16(18)24-4-2)14-17-19(23)21-20(26-17)22-11-6-5-7-12-22/h8-10,14H,3-7,11-13H2,1-2H3. The summed E-state index contributed by atoms with van der Waals surface area (Å²) < 4.78 is 11.6. The number of amidine groups is 1. The van der Waals surface area contributed by atoms with Gasteiger partial charge in [-0.3, -0.25) is 4.79 Å². The van der Waals surface area contributed by atoms with E-state index >= 15 is 0 Å². The average Bonchev–Trinajstić information content (AvgIpc) is 3.03. The number of carbonyl (C=O) groups is 1. The van der Waals surface area contributed by atoms with Crippen molar-refractivity contribution in [3.8, 4) is 11.5 Å². The van der Waals surface area contributed by atoms with Gasteiger partial charge in [-0.1, -0.05) is 19.1 Å². The summed E-state index contributed by atoms with van der Waals surface area (Å²) in [7, 11) is 0. The van der Waals surface area contributed by atoms with Crippen LogP contribution < -0.4 is 9.47 Å². The third-order valence-corrected chi connectivity index (χ3v) is 5.33. The van der Waals surface area contributed by atoms with Crippen LogP contribution in [0, 0.1) is 0 Å². The molecule has 0 aliphatic carbocycles. The Balaban J connectivity index is 1.83. The number of likely N-dealkylation sites (tertiary alicyclic amines) is 1. The Hall–Kier alpha value is -1.95. The first-order chi connectivity index (χ1) is 12.7. The fourth-order valence-electron chi connectivity index (χ4n) is 3.03. The zero-order valence-electron chi connectivity index (χ0n) is 15.5. The number of thioether (sulfide) groups is 1. The van der Waals surface area contributed by atoms with E-state index in [4.69, 9.17) is 9.47 Å². The van der Waals surface area contributed by atoms with Crippen LogP contribution in [0.4, 0.5) is 0 Å². The largest absolute Gasteiger partial charge is 0.490 e.